The van der Waals surface area contributed by atoms with Crippen molar-refractivity contribution < 1.29 is 9.53 Å². The molecule has 154 valence electrons. The van der Waals surface area contributed by atoms with Crippen LogP contribution in [0.5, 0.6) is 5.75 Å². The van der Waals surface area contributed by atoms with Crippen molar-refractivity contribution in [3.8, 4) is 5.75 Å². The quantitative estimate of drug-likeness (QED) is 0.432. The highest BCUT2D eigenvalue weighted by atomic mass is 32.1. The predicted molar refractivity (Wildman–Crippen MR) is 121 cm³/mol. The molecule has 4 nitrogen and oxygen atoms in total. The van der Waals surface area contributed by atoms with Gasteiger partial charge in [0.1, 0.15) is 17.4 Å². The number of nitrogens with zero attached hydrogens (tertiary/aromatic N) is 2. The molecule has 0 N–H and O–H groups in total. The van der Waals surface area contributed by atoms with E-state index in [0.717, 1.165) is 33.3 Å². The molecule has 29 heavy (non-hydrogen) atoms. The van der Waals surface area contributed by atoms with Crippen LogP contribution in [0.1, 0.15) is 57.3 Å². The number of carbonyl (C=O) groups excluding carboxylic acids is 1. The summed E-state index contributed by atoms with van der Waals surface area (Å²) in [7, 11) is 0. The van der Waals surface area contributed by atoms with Gasteiger partial charge in [-0.3, -0.25) is 4.79 Å². The minimum absolute atomic E-state index is 0.0750. The van der Waals surface area contributed by atoms with Crippen molar-refractivity contribution in [2.45, 2.75) is 60.2 Å². The number of hydrogen-bond acceptors (Lipinski definition) is 5. The summed E-state index contributed by atoms with van der Waals surface area (Å²) >= 11 is 3.07. The zero-order valence-electron chi connectivity index (χ0n) is 17.7. The van der Waals surface area contributed by atoms with E-state index >= 15 is 0 Å². The maximum absolute atomic E-state index is 12.9. The Morgan fingerprint density at radius 3 is 2.72 bits per heavy atom. The highest BCUT2D eigenvalue weighted by Gasteiger charge is 2.22. The molecule has 0 radical (unpaired) electrons. The van der Waals surface area contributed by atoms with Gasteiger partial charge in [0.15, 0.2) is 0 Å². The highest BCUT2D eigenvalue weighted by molar-refractivity contribution is 7.12. The summed E-state index contributed by atoms with van der Waals surface area (Å²) in [5, 5.41) is 4.89. The molecular formula is C23H28N2O2S2. The maximum Gasteiger partial charge on any atom is 0.264 e. The van der Waals surface area contributed by atoms with Gasteiger partial charge in [0.25, 0.3) is 5.91 Å². The van der Waals surface area contributed by atoms with Gasteiger partial charge in [-0.25, -0.2) is 4.98 Å². The highest BCUT2D eigenvalue weighted by Crippen LogP contribution is 2.25. The molecule has 0 aliphatic carbocycles. The van der Waals surface area contributed by atoms with E-state index in [0.29, 0.717) is 13.2 Å². The van der Waals surface area contributed by atoms with E-state index in [1.54, 1.807) is 11.3 Å². The number of hydrogen-bond donors (Lipinski definition) is 0. The van der Waals surface area contributed by atoms with Gasteiger partial charge in [-0.1, -0.05) is 19.1 Å². The lowest BCUT2D eigenvalue weighted by Crippen LogP contribution is -2.37. The molecule has 0 aliphatic heterocycles. The molecule has 0 fully saturated rings. The Hall–Kier alpha value is -2.18. The second-order valence-electron chi connectivity index (χ2n) is 7.39. The SMILES string of the molecule is CCC(C)N(Cc1csc(COc2cc(C)cc(C)c2C)n1)C(=O)c1cccs1. The third-order valence-corrected chi connectivity index (χ3v) is 6.89. The molecule has 0 aliphatic rings. The monoisotopic (exact) mass is 428 g/mol. The van der Waals surface area contributed by atoms with E-state index in [9.17, 15) is 4.79 Å². The van der Waals surface area contributed by atoms with Crippen molar-refractivity contribution >= 4 is 28.6 Å². The Morgan fingerprint density at radius 1 is 1.24 bits per heavy atom. The predicted octanol–water partition coefficient (Wildman–Crippen LogP) is 6.15. The summed E-state index contributed by atoms with van der Waals surface area (Å²) in [5.41, 5.74) is 4.50. The zero-order valence-corrected chi connectivity index (χ0v) is 19.3. The zero-order chi connectivity index (χ0) is 21.0. The number of rotatable bonds is 8. The average molecular weight is 429 g/mol. The van der Waals surface area contributed by atoms with Gasteiger partial charge in [0, 0.05) is 11.4 Å². The van der Waals surface area contributed by atoms with Gasteiger partial charge < -0.3 is 9.64 Å². The molecule has 2 aromatic heterocycles. The number of ether oxygens (including phenoxy) is 1. The topological polar surface area (TPSA) is 42.4 Å². The van der Waals surface area contributed by atoms with Crippen LogP contribution in [0.3, 0.4) is 0 Å². The summed E-state index contributed by atoms with van der Waals surface area (Å²) in [6.07, 6.45) is 0.906. The van der Waals surface area contributed by atoms with Crippen molar-refractivity contribution in [2.24, 2.45) is 0 Å². The molecule has 1 amide bonds. The van der Waals surface area contributed by atoms with Crippen LogP contribution in [0, 0.1) is 20.8 Å². The average Bonchev–Trinajstić information content (AvgIpc) is 3.38. The molecule has 3 rings (SSSR count). The number of aryl methyl sites for hydroxylation is 2. The number of aromatic nitrogens is 1. The van der Waals surface area contributed by atoms with Crippen LogP contribution in [0.2, 0.25) is 0 Å². The molecule has 3 aromatic rings. The third-order valence-electron chi connectivity index (χ3n) is 5.16. The lowest BCUT2D eigenvalue weighted by Gasteiger charge is -2.27. The summed E-state index contributed by atoms with van der Waals surface area (Å²) in [6, 6.07) is 8.19. The summed E-state index contributed by atoms with van der Waals surface area (Å²) in [5.74, 6) is 0.986. The minimum Gasteiger partial charge on any atom is -0.486 e. The molecule has 0 spiro atoms. The number of benzene rings is 1. The van der Waals surface area contributed by atoms with Crippen molar-refractivity contribution in [1.82, 2.24) is 9.88 Å². The van der Waals surface area contributed by atoms with Crippen molar-refractivity contribution in [3.05, 3.63) is 67.3 Å². The number of thiazole rings is 1. The lowest BCUT2D eigenvalue weighted by atomic mass is 10.1. The van der Waals surface area contributed by atoms with Crippen LogP contribution >= 0.6 is 22.7 Å². The van der Waals surface area contributed by atoms with Gasteiger partial charge >= 0.3 is 0 Å². The van der Waals surface area contributed by atoms with E-state index in [2.05, 4.69) is 46.8 Å². The molecule has 1 aromatic carbocycles. The van der Waals surface area contributed by atoms with Crippen LogP contribution in [0.4, 0.5) is 0 Å². The molecule has 1 atom stereocenters. The molecule has 6 heteroatoms. The standard InChI is InChI=1S/C23H28N2O2S2/c1-6-17(4)25(23(26)21-8-7-9-28-21)12-19-14-29-22(24-19)13-27-20-11-15(2)10-16(3)18(20)5/h7-11,14,17H,6,12-13H2,1-5H3. The minimum atomic E-state index is 0.0750. The molecular weight excluding hydrogens is 400 g/mol. The largest absolute Gasteiger partial charge is 0.486 e. The second-order valence-corrected chi connectivity index (χ2v) is 9.28. The van der Waals surface area contributed by atoms with Crippen LogP contribution in [0.25, 0.3) is 0 Å². The first-order chi connectivity index (χ1) is 13.9. The number of amides is 1. The first kappa shape index (κ1) is 21.5. The Balaban J connectivity index is 1.69. The van der Waals surface area contributed by atoms with E-state index < -0.39 is 0 Å². The molecule has 0 saturated carbocycles. The van der Waals surface area contributed by atoms with Crippen LogP contribution < -0.4 is 4.74 Å². The van der Waals surface area contributed by atoms with E-state index in [1.165, 1.54) is 22.5 Å². The van der Waals surface area contributed by atoms with Gasteiger partial charge in [-0.15, -0.1) is 22.7 Å². The molecule has 0 saturated heterocycles. The summed E-state index contributed by atoms with van der Waals surface area (Å²) < 4.78 is 6.05. The molecule has 0 bridgehead atoms. The number of carbonyl (C=O) groups is 1. The van der Waals surface area contributed by atoms with Crippen LogP contribution in [-0.4, -0.2) is 21.8 Å². The fraction of sp³-hybridized carbons (Fsp3) is 0.391. The van der Waals surface area contributed by atoms with Crippen molar-refractivity contribution in [2.75, 3.05) is 0 Å². The van der Waals surface area contributed by atoms with Crippen molar-refractivity contribution in [3.63, 3.8) is 0 Å². The Bertz CT molecular complexity index is 963. The van der Waals surface area contributed by atoms with Gasteiger partial charge in [0.05, 0.1) is 17.1 Å². The summed E-state index contributed by atoms with van der Waals surface area (Å²) in [4.78, 5) is 20.3. The van der Waals surface area contributed by atoms with E-state index in [1.807, 2.05) is 27.8 Å². The third kappa shape index (κ3) is 5.25. The first-order valence-electron chi connectivity index (χ1n) is 9.87. The second kappa shape index (κ2) is 9.55. The summed E-state index contributed by atoms with van der Waals surface area (Å²) in [6.45, 7) is 11.4. The van der Waals surface area contributed by atoms with Gasteiger partial charge in [-0.05, 0) is 68.3 Å². The molecule has 2 heterocycles. The Morgan fingerprint density at radius 2 is 2.03 bits per heavy atom. The smallest absolute Gasteiger partial charge is 0.264 e. The Labute approximate surface area is 181 Å². The number of thiophene rings is 1. The Kier molecular flexibility index (Phi) is 7.09. The van der Waals surface area contributed by atoms with Crippen LogP contribution in [0.15, 0.2) is 35.0 Å². The normalized spacial score (nSPS) is 12.0. The van der Waals surface area contributed by atoms with Gasteiger partial charge in [-0.2, -0.15) is 0 Å². The lowest BCUT2D eigenvalue weighted by molar-refractivity contribution is 0.0674. The fourth-order valence-corrected chi connectivity index (χ4v) is 4.52. The fourth-order valence-electron chi connectivity index (χ4n) is 3.14. The maximum atomic E-state index is 12.9. The van der Waals surface area contributed by atoms with E-state index in [4.69, 9.17) is 9.72 Å². The van der Waals surface area contributed by atoms with Gasteiger partial charge in [0.2, 0.25) is 0 Å². The molecule has 1 unspecified atom stereocenters. The first-order valence-corrected chi connectivity index (χ1v) is 11.6. The van der Waals surface area contributed by atoms with Crippen LogP contribution in [-0.2, 0) is 13.2 Å². The van der Waals surface area contributed by atoms with Crippen molar-refractivity contribution in [1.29, 1.82) is 0 Å². The van der Waals surface area contributed by atoms with E-state index in [-0.39, 0.29) is 11.9 Å².